The second-order valence-corrected chi connectivity index (χ2v) is 6.97. The lowest BCUT2D eigenvalue weighted by Gasteiger charge is -2.24. The fourth-order valence-corrected chi connectivity index (χ4v) is 3.95. The van der Waals surface area contributed by atoms with Crippen molar-refractivity contribution in [3.63, 3.8) is 0 Å². The maximum Gasteiger partial charge on any atom is 0.0616 e. The summed E-state index contributed by atoms with van der Waals surface area (Å²) in [6.07, 6.45) is 3.39. The third-order valence-corrected chi connectivity index (χ3v) is 5.20. The molecule has 0 aliphatic carbocycles. The fourth-order valence-electron chi connectivity index (χ4n) is 2.41. The lowest BCUT2D eigenvalue weighted by atomic mass is 10.1. The minimum atomic E-state index is 0.389. The van der Waals surface area contributed by atoms with Gasteiger partial charge < -0.3 is 10.1 Å². The van der Waals surface area contributed by atoms with Gasteiger partial charge in [0, 0.05) is 35.4 Å². The van der Waals surface area contributed by atoms with Crippen LogP contribution in [0.25, 0.3) is 0 Å². The van der Waals surface area contributed by atoms with Gasteiger partial charge in [-0.25, -0.2) is 0 Å². The Morgan fingerprint density at radius 1 is 1.20 bits per heavy atom. The molecule has 2 rings (SSSR count). The van der Waals surface area contributed by atoms with E-state index in [0.29, 0.717) is 12.1 Å². The average molecular weight is 310 g/mol. The molecule has 2 aromatic rings. The molecule has 0 bridgehead atoms. The van der Waals surface area contributed by atoms with Crippen molar-refractivity contribution in [2.75, 3.05) is 13.7 Å². The zero-order valence-corrected chi connectivity index (χ0v) is 13.8. The van der Waals surface area contributed by atoms with Crippen LogP contribution in [0.2, 0.25) is 0 Å². The van der Waals surface area contributed by atoms with Gasteiger partial charge in [0.15, 0.2) is 0 Å². The number of thiophene rings is 2. The molecule has 0 amide bonds. The van der Waals surface area contributed by atoms with Gasteiger partial charge in [-0.1, -0.05) is 25.5 Å². The molecule has 0 saturated heterocycles. The fraction of sp³-hybridized carbons (Fsp3) is 0.500. The van der Waals surface area contributed by atoms with Crippen molar-refractivity contribution < 1.29 is 4.74 Å². The Labute approximate surface area is 129 Å². The van der Waals surface area contributed by atoms with Crippen molar-refractivity contribution in [3.8, 4) is 0 Å². The molecule has 2 aromatic heterocycles. The maximum absolute atomic E-state index is 5.35. The van der Waals surface area contributed by atoms with Crippen molar-refractivity contribution >= 4 is 22.7 Å². The summed E-state index contributed by atoms with van der Waals surface area (Å²) < 4.78 is 5.35. The van der Waals surface area contributed by atoms with Crippen molar-refractivity contribution in [2.24, 2.45) is 0 Å². The molecule has 0 spiro atoms. The zero-order valence-electron chi connectivity index (χ0n) is 12.2. The van der Waals surface area contributed by atoms with Crippen molar-refractivity contribution in [1.82, 2.24) is 5.32 Å². The Morgan fingerprint density at radius 3 is 2.60 bits per heavy atom. The summed E-state index contributed by atoms with van der Waals surface area (Å²) in [4.78, 5) is 2.85. The predicted octanol–water partition coefficient (Wildman–Crippen LogP) is 4.50. The molecular formula is C16H23NOS2. The highest BCUT2D eigenvalue weighted by Crippen LogP contribution is 2.25. The van der Waals surface area contributed by atoms with Gasteiger partial charge in [0.25, 0.3) is 0 Å². The summed E-state index contributed by atoms with van der Waals surface area (Å²) >= 11 is 3.67. The number of hydrogen-bond donors (Lipinski definition) is 1. The van der Waals surface area contributed by atoms with Crippen LogP contribution in [0.5, 0.6) is 0 Å². The number of hydrogen-bond acceptors (Lipinski definition) is 4. The standard InChI is InChI=1S/C16H23NOS2/c1-3-6-13(12-18-2)17-15(16-8-5-10-20-16)11-14-7-4-9-19-14/h4-5,7-10,13,15,17H,3,6,11-12H2,1-2H3. The highest BCUT2D eigenvalue weighted by atomic mass is 32.1. The lowest BCUT2D eigenvalue weighted by Crippen LogP contribution is -2.36. The van der Waals surface area contributed by atoms with E-state index >= 15 is 0 Å². The Balaban J connectivity index is 2.05. The molecule has 4 heteroatoms. The van der Waals surface area contributed by atoms with E-state index in [-0.39, 0.29) is 0 Å². The number of rotatable bonds is 9. The largest absolute Gasteiger partial charge is 0.383 e. The normalized spacial score (nSPS) is 14.3. The first kappa shape index (κ1) is 15.7. The Morgan fingerprint density at radius 2 is 2.00 bits per heavy atom. The minimum Gasteiger partial charge on any atom is -0.383 e. The van der Waals surface area contributed by atoms with Crippen molar-refractivity contribution in [3.05, 3.63) is 44.8 Å². The van der Waals surface area contributed by atoms with E-state index in [9.17, 15) is 0 Å². The molecule has 0 radical (unpaired) electrons. The molecule has 2 heterocycles. The van der Waals surface area contributed by atoms with Crippen LogP contribution < -0.4 is 5.32 Å². The lowest BCUT2D eigenvalue weighted by molar-refractivity contribution is 0.156. The summed E-state index contributed by atoms with van der Waals surface area (Å²) in [6.45, 7) is 3.00. The van der Waals surface area contributed by atoms with Gasteiger partial charge in [0.05, 0.1) is 6.61 Å². The molecule has 2 atom stereocenters. The minimum absolute atomic E-state index is 0.389. The summed E-state index contributed by atoms with van der Waals surface area (Å²) in [7, 11) is 1.78. The second kappa shape index (κ2) is 8.57. The number of ether oxygens (including phenoxy) is 1. The summed E-state index contributed by atoms with van der Waals surface area (Å²) in [5.41, 5.74) is 0. The smallest absolute Gasteiger partial charge is 0.0616 e. The van der Waals surface area contributed by atoms with Crippen LogP contribution in [0.1, 0.15) is 35.6 Å². The molecule has 2 unspecified atom stereocenters. The van der Waals surface area contributed by atoms with Crippen LogP contribution in [-0.2, 0) is 11.2 Å². The van der Waals surface area contributed by atoms with Crippen LogP contribution in [0, 0.1) is 0 Å². The van der Waals surface area contributed by atoms with E-state index in [1.54, 1.807) is 7.11 Å². The van der Waals surface area contributed by atoms with Gasteiger partial charge in [0.2, 0.25) is 0 Å². The van der Waals surface area contributed by atoms with E-state index < -0.39 is 0 Å². The second-order valence-electron chi connectivity index (χ2n) is 4.96. The van der Waals surface area contributed by atoms with E-state index in [2.05, 4.69) is 47.3 Å². The third-order valence-electron chi connectivity index (χ3n) is 3.31. The molecular weight excluding hydrogens is 286 g/mol. The van der Waals surface area contributed by atoms with Gasteiger partial charge in [-0.3, -0.25) is 0 Å². The Hall–Kier alpha value is -0.680. The highest BCUT2D eigenvalue weighted by Gasteiger charge is 2.18. The van der Waals surface area contributed by atoms with Crippen LogP contribution in [0.4, 0.5) is 0 Å². The Kier molecular flexibility index (Phi) is 6.73. The maximum atomic E-state index is 5.35. The average Bonchev–Trinajstić information content (AvgIpc) is 3.11. The molecule has 110 valence electrons. The van der Waals surface area contributed by atoms with Crippen molar-refractivity contribution in [2.45, 2.75) is 38.3 Å². The van der Waals surface area contributed by atoms with Crippen LogP contribution in [0.15, 0.2) is 35.0 Å². The molecule has 0 aliphatic heterocycles. The molecule has 0 aromatic carbocycles. The van der Waals surface area contributed by atoms with Crippen LogP contribution in [0.3, 0.4) is 0 Å². The predicted molar refractivity (Wildman–Crippen MR) is 88.8 cm³/mol. The van der Waals surface area contributed by atoms with E-state index in [1.165, 1.54) is 16.2 Å². The first-order chi connectivity index (χ1) is 9.83. The monoisotopic (exact) mass is 309 g/mol. The molecule has 0 saturated carbocycles. The number of nitrogens with one attached hydrogen (secondary N) is 1. The van der Waals surface area contributed by atoms with Gasteiger partial charge >= 0.3 is 0 Å². The van der Waals surface area contributed by atoms with Gasteiger partial charge in [0.1, 0.15) is 0 Å². The topological polar surface area (TPSA) is 21.3 Å². The Bertz CT molecular complexity index is 447. The third kappa shape index (κ3) is 4.70. The summed E-state index contributed by atoms with van der Waals surface area (Å²) in [6, 6.07) is 9.53. The van der Waals surface area contributed by atoms with Crippen molar-refractivity contribution in [1.29, 1.82) is 0 Å². The first-order valence-corrected chi connectivity index (χ1v) is 8.90. The molecule has 0 fully saturated rings. The summed E-state index contributed by atoms with van der Waals surface area (Å²) in [5.74, 6) is 0. The van der Waals surface area contributed by atoms with Gasteiger partial charge in [-0.2, -0.15) is 0 Å². The highest BCUT2D eigenvalue weighted by molar-refractivity contribution is 7.10. The first-order valence-electron chi connectivity index (χ1n) is 7.14. The quantitative estimate of drug-likeness (QED) is 0.736. The van der Waals surface area contributed by atoms with E-state index in [4.69, 9.17) is 4.74 Å². The molecule has 0 aliphatic rings. The summed E-state index contributed by atoms with van der Waals surface area (Å²) in [5, 5.41) is 8.10. The van der Waals surface area contributed by atoms with Gasteiger partial charge in [-0.05, 0) is 29.3 Å². The van der Waals surface area contributed by atoms with E-state index in [1.807, 2.05) is 22.7 Å². The SMILES string of the molecule is CCCC(COC)NC(Cc1cccs1)c1cccs1. The van der Waals surface area contributed by atoms with Crippen LogP contribution in [-0.4, -0.2) is 19.8 Å². The molecule has 1 N–H and O–H groups in total. The molecule has 20 heavy (non-hydrogen) atoms. The van der Waals surface area contributed by atoms with E-state index in [0.717, 1.165) is 19.4 Å². The number of methoxy groups -OCH3 is 1. The van der Waals surface area contributed by atoms with Crippen LogP contribution >= 0.6 is 22.7 Å². The zero-order chi connectivity index (χ0) is 14.2. The van der Waals surface area contributed by atoms with Gasteiger partial charge in [-0.15, -0.1) is 22.7 Å². The molecule has 2 nitrogen and oxygen atoms in total.